The number of hydrogen-bond acceptors (Lipinski definition) is 6. The van der Waals surface area contributed by atoms with Crippen molar-refractivity contribution in [1.82, 2.24) is 20.2 Å². The predicted octanol–water partition coefficient (Wildman–Crippen LogP) is 2.48. The first-order valence-electron chi connectivity index (χ1n) is 9.80. The van der Waals surface area contributed by atoms with Gasteiger partial charge >= 0.3 is 6.09 Å². The lowest BCUT2D eigenvalue weighted by molar-refractivity contribution is 0.0218. The zero-order valence-electron chi connectivity index (χ0n) is 17.3. The maximum Gasteiger partial charge on any atom is 0.410 e. The van der Waals surface area contributed by atoms with E-state index in [9.17, 15) is 19.5 Å². The molecule has 0 saturated carbocycles. The number of hydrogen-bond donors (Lipinski definition) is 3. The Balaban J connectivity index is 1.82. The number of ether oxygens (including phenoxy) is 1. The van der Waals surface area contributed by atoms with Crippen LogP contribution >= 0.6 is 0 Å². The van der Waals surface area contributed by atoms with Crippen molar-refractivity contribution in [3.05, 3.63) is 57.8 Å². The van der Waals surface area contributed by atoms with E-state index in [4.69, 9.17) is 4.74 Å². The number of aromatic hydroxyl groups is 1. The van der Waals surface area contributed by atoms with Crippen LogP contribution in [0.1, 0.15) is 61.5 Å². The highest BCUT2D eigenvalue weighted by atomic mass is 16.6. The van der Waals surface area contributed by atoms with Crippen molar-refractivity contribution in [3.8, 4) is 5.75 Å². The van der Waals surface area contributed by atoms with Gasteiger partial charge < -0.3 is 20.1 Å². The molecule has 3 N–H and O–H groups in total. The molecule has 1 aliphatic heterocycles. The number of carbonyl (C=O) groups excluding carboxylic acids is 2. The van der Waals surface area contributed by atoms with Gasteiger partial charge in [0.1, 0.15) is 11.4 Å². The smallest absolute Gasteiger partial charge is 0.410 e. The molecule has 1 saturated heterocycles. The minimum absolute atomic E-state index is 0.144. The summed E-state index contributed by atoms with van der Waals surface area (Å²) in [6.45, 7) is 5.97. The lowest BCUT2D eigenvalue weighted by Gasteiger charge is -2.28. The van der Waals surface area contributed by atoms with Crippen LogP contribution in [0.3, 0.4) is 0 Å². The maximum atomic E-state index is 12.6. The van der Waals surface area contributed by atoms with Crippen LogP contribution < -0.4 is 10.9 Å². The van der Waals surface area contributed by atoms with Gasteiger partial charge in [-0.05, 0) is 39.2 Å². The summed E-state index contributed by atoms with van der Waals surface area (Å²) in [6.07, 6.45) is 0.734. The normalized spacial score (nSPS) is 16.4. The second-order valence-corrected chi connectivity index (χ2v) is 8.15. The van der Waals surface area contributed by atoms with Gasteiger partial charge in [-0.3, -0.25) is 14.5 Å². The molecule has 1 atom stereocenters. The summed E-state index contributed by atoms with van der Waals surface area (Å²) in [5, 5.41) is 12.7. The molecule has 0 spiro atoms. The average molecular weight is 414 g/mol. The van der Waals surface area contributed by atoms with Crippen molar-refractivity contribution in [2.24, 2.45) is 0 Å². The topological polar surface area (TPSA) is 125 Å². The molecule has 30 heavy (non-hydrogen) atoms. The Labute approximate surface area is 174 Å². The lowest BCUT2D eigenvalue weighted by Crippen LogP contribution is -2.37. The molecule has 1 unspecified atom stereocenters. The summed E-state index contributed by atoms with van der Waals surface area (Å²) in [4.78, 5) is 45.5. The van der Waals surface area contributed by atoms with Gasteiger partial charge in [0.2, 0.25) is 5.75 Å². The third-order valence-electron chi connectivity index (χ3n) is 4.62. The zero-order chi connectivity index (χ0) is 21.9. The molecule has 1 aromatic heterocycles. The number of rotatable bonds is 4. The molecule has 1 fully saturated rings. The zero-order valence-corrected chi connectivity index (χ0v) is 17.3. The molecule has 0 aliphatic carbocycles. The van der Waals surface area contributed by atoms with Crippen LogP contribution in [0.4, 0.5) is 4.79 Å². The Morgan fingerprint density at radius 2 is 2.00 bits per heavy atom. The van der Waals surface area contributed by atoms with Gasteiger partial charge in [-0.1, -0.05) is 30.3 Å². The number of amides is 2. The number of carbonyl (C=O) groups is 2. The van der Waals surface area contributed by atoms with Crippen molar-refractivity contribution >= 4 is 12.0 Å². The van der Waals surface area contributed by atoms with Gasteiger partial charge in [0.25, 0.3) is 11.5 Å². The van der Waals surface area contributed by atoms with Gasteiger partial charge in [-0.2, -0.15) is 0 Å². The molecule has 2 aromatic rings. The van der Waals surface area contributed by atoms with Crippen molar-refractivity contribution in [2.75, 3.05) is 6.54 Å². The van der Waals surface area contributed by atoms with Crippen LogP contribution in [0, 0.1) is 0 Å². The fraction of sp³-hybridized carbons (Fsp3) is 0.429. The van der Waals surface area contributed by atoms with E-state index in [1.807, 2.05) is 30.3 Å². The van der Waals surface area contributed by atoms with E-state index in [1.54, 1.807) is 20.8 Å². The highest BCUT2D eigenvalue weighted by Gasteiger charge is 2.35. The van der Waals surface area contributed by atoms with Crippen molar-refractivity contribution < 1.29 is 19.4 Å². The van der Waals surface area contributed by atoms with Crippen LogP contribution in [0.2, 0.25) is 0 Å². The first-order chi connectivity index (χ1) is 14.2. The Morgan fingerprint density at radius 3 is 2.67 bits per heavy atom. The monoisotopic (exact) mass is 414 g/mol. The fourth-order valence-corrected chi connectivity index (χ4v) is 3.25. The molecular formula is C21H26N4O5. The van der Waals surface area contributed by atoms with Crippen LogP contribution in [0.15, 0.2) is 35.1 Å². The van der Waals surface area contributed by atoms with E-state index in [0.717, 1.165) is 5.56 Å². The summed E-state index contributed by atoms with van der Waals surface area (Å²) in [7, 11) is 0. The largest absolute Gasteiger partial charge is 0.501 e. The summed E-state index contributed by atoms with van der Waals surface area (Å²) >= 11 is 0. The van der Waals surface area contributed by atoms with Crippen LogP contribution in [0.5, 0.6) is 5.75 Å². The molecule has 9 heteroatoms. The van der Waals surface area contributed by atoms with Gasteiger partial charge in [-0.25, -0.2) is 9.78 Å². The fourth-order valence-electron chi connectivity index (χ4n) is 3.25. The Bertz CT molecular complexity index is 981. The number of aromatic nitrogens is 2. The summed E-state index contributed by atoms with van der Waals surface area (Å²) in [6, 6.07) is 8.68. The predicted molar refractivity (Wildman–Crippen MR) is 109 cm³/mol. The molecule has 9 nitrogen and oxygen atoms in total. The lowest BCUT2D eigenvalue weighted by atomic mass is 10.2. The van der Waals surface area contributed by atoms with Crippen LogP contribution in [0.25, 0.3) is 0 Å². The summed E-state index contributed by atoms with van der Waals surface area (Å²) < 4.78 is 5.43. The van der Waals surface area contributed by atoms with Crippen LogP contribution in [-0.2, 0) is 11.3 Å². The van der Waals surface area contributed by atoms with Gasteiger partial charge in [-0.15, -0.1) is 0 Å². The SMILES string of the molecule is CC(C)(C)OC(=O)N1CCCC1c1nc(C(=O)NCc2ccccc2)c(O)c(=O)[nH]1. The molecule has 1 aromatic carbocycles. The van der Waals surface area contributed by atoms with E-state index in [1.165, 1.54) is 4.90 Å². The molecule has 2 amide bonds. The quantitative estimate of drug-likeness (QED) is 0.706. The van der Waals surface area contributed by atoms with E-state index < -0.39 is 35.0 Å². The Morgan fingerprint density at radius 1 is 1.30 bits per heavy atom. The second-order valence-electron chi connectivity index (χ2n) is 8.15. The van der Waals surface area contributed by atoms with Gasteiger partial charge in [0, 0.05) is 13.1 Å². The molecule has 0 radical (unpaired) electrons. The molecule has 0 bridgehead atoms. The average Bonchev–Trinajstić information content (AvgIpc) is 3.18. The number of nitrogens with zero attached hydrogens (tertiary/aromatic N) is 2. The van der Waals surface area contributed by atoms with Gasteiger partial charge in [0.05, 0.1) is 6.04 Å². The first kappa shape index (κ1) is 21.4. The highest BCUT2D eigenvalue weighted by molar-refractivity contribution is 5.94. The molecule has 2 heterocycles. The summed E-state index contributed by atoms with van der Waals surface area (Å²) in [5.74, 6) is -1.29. The summed E-state index contributed by atoms with van der Waals surface area (Å²) in [5.41, 5.74) is -1.01. The standard InChI is InChI=1S/C21H26N4O5/c1-21(2,3)30-20(29)25-11-7-10-14(25)17-23-15(16(26)19(28)24-17)18(27)22-12-13-8-5-4-6-9-13/h4-6,8-9,14,26H,7,10-12H2,1-3H3,(H,22,27)(H,23,24,28). The minimum Gasteiger partial charge on any atom is -0.501 e. The van der Waals surface area contributed by atoms with Crippen molar-refractivity contribution in [2.45, 2.75) is 51.8 Å². The van der Waals surface area contributed by atoms with Crippen molar-refractivity contribution in [1.29, 1.82) is 0 Å². The third-order valence-corrected chi connectivity index (χ3v) is 4.62. The molecule has 1 aliphatic rings. The Hall–Kier alpha value is -3.36. The maximum absolute atomic E-state index is 12.6. The number of benzene rings is 1. The minimum atomic E-state index is -0.833. The second kappa shape index (κ2) is 8.56. The number of aromatic amines is 1. The number of nitrogens with one attached hydrogen (secondary N) is 2. The molecular weight excluding hydrogens is 388 g/mol. The van der Waals surface area contributed by atoms with Crippen molar-refractivity contribution in [3.63, 3.8) is 0 Å². The highest BCUT2D eigenvalue weighted by Crippen LogP contribution is 2.31. The Kier molecular flexibility index (Phi) is 6.09. The van der Waals surface area contributed by atoms with E-state index >= 15 is 0 Å². The first-order valence-corrected chi connectivity index (χ1v) is 9.80. The molecule has 160 valence electrons. The van der Waals surface area contributed by atoms with E-state index in [0.29, 0.717) is 19.4 Å². The number of H-pyrrole nitrogens is 1. The van der Waals surface area contributed by atoms with E-state index in [2.05, 4.69) is 15.3 Å². The third kappa shape index (κ3) is 4.97. The van der Waals surface area contributed by atoms with E-state index in [-0.39, 0.29) is 18.1 Å². The molecule has 3 rings (SSSR count). The van der Waals surface area contributed by atoms with Gasteiger partial charge in [0.15, 0.2) is 5.69 Å². The number of likely N-dealkylation sites (tertiary alicyclic amines) is 1. The van der Waals surface area contributed by atoms with Crippen LogP contribution in [-0.4, -0.2) is 44.1 Å².